The fourth-order valence-corrected chi connectivity index (χ4v) is 3.60. The topological polar surface area (TPSA) is 16.1 Å². The van der Waals surface area contributed by atoms with Gasteiger partial charge in [-0.25, -0.2) is 4.98 Å². The van der Waals surface area contributed by atoms with Crippen molar-refractivity contribution in [1.82, 2.24) is 9.88 Å². The first-order valence-electron chi connectivity index (χ1n) is 8.41. The van der Waals surface area contributed by atoms with Gasteiger partial charge in [-0.15, -0.1) is 0 Å². The number of halogens is 1. The van der Waals surface area contributed by atoms with E-state index >= 15 is 0 Å². The van der Waals surface area contributed by atoms with Crippen molar-refractivity contribution in [2.75, 3.05) is 7.05 Å². The van der Waals surface area contributed by atoms with Crippen molar-refractivity contribution >= 4 is 34.2 Å². The fourth-order valence-electron chi connectivity index (χ4n) is 3.34. The first-order valence-corrected chi connectivity index (χ1v) is 8.79. The molecule has 0 N–H and O–H groups in total. The molecule has 1 fully saturated rings. The molecular formula is C21H23ClN2. The van der Waals surface area contributed by atoms with Gasteiger partial charge in [0.05, 0.1) is 16.2 Å². The molecule has 1 aliphatic carbocycles. The summed E-state index contributed by atoms with van der Waals surface area (Å²) in [6.45, 7) is 7.79. The number of hydrogen-bond donors (Lipinski definition) is 0. The molecule has 0 bridgehead atoms. The van der Waals surface area contributed by atoms with Crippen LogP contribution in [0.3, 0.4) is 0 Å². The van der Waals surface area contributed by atoms with Crippen LogP contribution < -0.4 is 0 Å². The van der Waals surface area contributed by atoms with E-state index in [1.165, 1.54) is 25.7 Å². The lowest BCUT2D eigenvalue weighted by molar-refractivity contribution is 0.336. The van der Waals surface area contributed by atoms with Gasteiger partial charge in [0.25, 0.3) is 0 Å². The third-order valence-electron chi connectivity index (χ3n) is 4.78. The number of nitrogens with zero attached hydrogens (tertiary/aromatic N) is 2. The molecule has 3 heteroatoms. The van der Waals surface area contributed by atoms with E-state index in [-0.39, 0.29) is 0 Å². The predicted molar refractivity (Wildman–Crippen MR) is 105 cm³/mol. The SMILES string of the molecule is C=C/C(=C\N(C)C1CCCC1)c1cc(Cl)c2ccc(C=C)cc2n1. The van der Waals surface area contributed by atoms with Crippen molar-refractivity contribution in [3.63, 3.8) is 0 Å². The summed E-state index contributed by atoms with van der Waals surface area (Å²) >= 11 is 6.48. The standard InChI is InChI=1S/C21H23ClN2/c1-4-15-10-11-18-19(22)13-20(23-21(18)12-15)16(5-2)14-24(3)17-8-6-7-9-17/h4-5,10-14,17H,1-2,6-9H2,3H3/b16-14+. The highest BCUT2D eigenvalue weighted by Gasteiger charge is 2.18. The van der Waals surface area contributed by atoms with Crippen LogP contribution in [0.4, 0.5) is 0 Å². The summed E-state index contributed by atoms with van der Waals surface area (Å²) in [5.74, 6) is 0. The summed E-state index contributed by atoms with van der Waals surface area (Å²) in [4.78, 5) is 7.09. The Morgan fingerprint density at radius 1 is 1.25 bits per heavy atom. The summed E-state index contributed by atoms with van der Waals surface area (Å²) in [6.07, 6.45) is 11.0. The molecule has 2 aromatic rings. The van der Waals surface area contributed by atoms with Crippen molar-refractivity contribution < 1.29 is 0 Å². The summed E-state index contributed by atoms with van der Waals surface area (Å²) in [5, 5.41) is 1.67. The molecule has 1 aromatic carbocycles. The van der Waals surface area contributed by atoms with Gasteiger partial charge in [0.2, 0.25) is 0 Å². The summed E-state index contributed by atoms with van der Waals surface area (Å²) in [6, 6.07) is 8.55. The largest absolute Gasteiger partial charge is 0.377 e. The lowest BCUT2D eigenvalue weighted by Gasteiger charge is -2.23. The number of rotatable bonds is 5. The van der Waals surface area contributed by atoms with Crippen LogP contribution in [0.1, 0.15) is 36.9 Å². The first kappa shape index (κ1) is 16.8. The number of allylic oxidation sites excluding steroid dienone is 2. The Balaban J connectivity index is 2.01. The number of aromatic nitrogens is 1. The van der Waals surface area contributed by atoms with Gasteiger partial charge in [-0.05, 0) is 30.5 Å². The van der Waals surface area contributed by atoms with E-state index in [9.17, 15) is 0 Å². The van der Waals surface area contributed by atoms with Crippen molar-refractivity contribution in [3.8, 4) is 0 Å². The zero-order valence-electron chi connectivity index (χ0n) is 14.1. The molecule has 124 valence electrons. The molecule has 0 amide bonds. The Labute approximate surface area is 149 Å². The molecular weight excluding hydrogens is 316 g/mol. The average molecular weight is 339 g/mol. The third-order valence-corrected chi connectivity index (χ3v) is 5.09. The maximum atomic E-state index is 6.48. The highest BCUT2D eigenvalue weighted by molar-refractivity contribution is 6.35. The monoisotopic (exact) mass is 338 g/mol. The molecule has 1 aliphatic rings. The van der Waals surface area contributed by atoms with E-state index in [2.05, 4.69) is 31.3 Å². The number of hydrogen-bond acceptors (Lipinski definition) is 2. The normalized spacial score (nSPS) is 15.7. The van der Waals surface area contributed by atoms with E-state index in [1.54, 1.807) is 0 Å². The molecule has 0 saturated heterocycles. The van der Waals surface area contributed by atoms with Crippen LogP contribution in [-0.4, -0.2) is 23.0 Å². The Hall–Kier alpha value is -2.06. The van der Waals surface area contributed by atoms with E-state index in [1.807, 2.05) is 36.4 Å². The first-order chi connectivity index (χ1) is 11.6. The summed E-state index contributed by atoms with van der Waals surface area (Å²) in [7, 11) is 2.14. The average Bonchev–Trinajstić information content (AvgIpc) is 3.13. The van der Waals surface area contributed by atoms with E-state index in [0.29, 0.717) is 11.1 Å². The Morgan fingerprint density at radius 2 is 2.00 bits per heavy atom. The minimum atomic E-state index is 0.614. The number of fused-ring (bicyclic) bond motifs is 1. The van der Waals surface area contributed by atoms with Gasteiger partial charge in [0, 0.05) is 30.2 Å². The van der Waals surface area contributed by atoms with Crippen LogP contribution in [0.25, 0.3) is 22.6 Å². The van der Waals surface area contributed by atoms with Crippen LogP contribution >= 0.6 is 11.6 Å². The van der Waals surface area contributed by atoms with Gasteiger partial charge < -0.3 is 4.90 Å². The van der Waals surface area contributed by atoms with Crippen LogP contribution in [0.15, 0.2) is 49.7 Å². The zero-order valence-corrected chi connectivity index (χ0v) is 14.9. The molecule has 2 nitrogen and oxygen atoms in total. The minimum Gasteiger partial charge on any atom is -0.377 e. The molecule has 24 heavy (non-hydrogen) atoms. The van der Waals surface area contributed by atoms with Gasteiger partial charge in [0.1, 0.15) is 0 Å². The van der Waals surface area contributed by atoms with Crippen molar-refractivity contribution in [2.24, 2.45) is 0 Å². The maximum Gasteiger partial charge on any atom is 0.0738 e. The molecule has 1 aromatic heterocycles. The maximum absolute atomic E-state index is 6.48. The van der Waals surface area contributed by atoms with Crippen LogP contribution in [0, 0.1) is 0 Å². The molecule has 3 rings (SSSR count). The second-order valence-electron chi connectivity index (χ2n) is 6.36. The van der Waals surface area contributed by atoms with Gasteiger partial charge in [-0.2, -0.15) is 0 Å². The molecule has 0 unspecified atom stereocenters. The van der Waals surface area contributed by atoms with Gasteiger partial charge in [0.15, 0.2) is 0 Å². The highest BCUT2D eigenvalue weighted by Crippen LogP contribution is 2.29. The lowest BCUT2D eigenvalue weighted by atomic mass is 10.1. The third kappa shape index (κ3) is 3.39. The smallest absolute Gasteiger partial charge is 0.0738 e. The zero-order chi connectivity index (χ0) is 17.1. The Bertz CT molecular complexity index is 801. The Kier molecular flexibility index (Phi) is 5.06. The van der Waals surface area contributed by atoms with Crippen molar-refractivity contribution in [2.45, 2.75) is 31.7 Å². The molecule has 0 aliphatic heterocycles. The van der Waals surface area contributed by atoms with Crippen LogP contribution in [0.5, 0.6) is 0 Å². The van der Waals surface area contributed by atoms with E-state index in [0.717, 1.165) is 27.7 Å². The predicted octanol–water partition coefficient (Wildman–Crippen LogP) is 5.93. The number of pyridine rings is 1. The van der Waals surface area contributed by atoms with Crippen molar-refractivity contribution in [3.05, 3.63) is 66.0 Å². The fraction of sp³-hybridized carbons (Fsp3) is 0.286. The Morgan fingerprint density at radius 3 is 2.67 bits per heavy atom. The van der Waals surface area contributed by atoms with Gasteiger partial charge in [-0.1, -0.05) is 61.9 Å². The lowest BCUT2D eigenvalue weighted by Crippen LogP contribution is -2.23. The molecule has 0 radical (unpaired) electrons. The van der Waals surface area contributed by atoms with Crippen molar-refractivity contribution in [1.29, 1.82) is 0 Å². The van der Waals surface area contributed by atoms with E-state index in [4.69, 9.17) is 16.6 Å². The minimum absolute atomic E-state index is 0.614. The molecule has 1 heterocycles. The second kappa shape index (κ2) is 7.23. The number of benzene rings is 1. The van der Waals surface area contributed by atoms with Crippen LogP contribution in [0.2, 0.25) is 5.02 Å². The summed E-state index contributed by atoms with van der Waals surface area (Å²) < 4.78 is 0. The molecule has 0 atom stereocenters. The van der Waals surface area contributed by atoms with E-state index < -0.39 is 0 Å². The second-order valence-corrected chi connectivity index (χ2v) is 6.77. The van der Waals surface area contributed by atoms with Crippen LogP contribution in [-0.2, 0) is 0 Å². The summed E-state index contributed by atoms with van der Waals surface area (Å²) in [5.41, 5.74) is 3.77. The van der Waals surface area contributed by atoms with Gasteiger partial charge >= 0.3 is 0 Å². The van der Waals surface area contributed by atoms with Gasteiger partial charge in [-0.3, -0.25) is 0 Å². The highest BCUT2D eigenvalue weighted by atomic mass is 35.5. The quantitative estimate of drug-likeness (QED) is 0.628. The molecule has 1 saturated carbocycles. The molecule has 0 spiro atoms.